The molecule has 0 aliphatic rings. The fraction of sp³-hybridized carbons (Fsp3) is 0.182. The molecule has 7 heteroatoms. The van der Waals surface area contributed by atoms with Crippen molar-refractivity contribution >= 4 is 22.7 Å². The number of nitrogen functional groups attached to an aromatic ring is 1. The van der Waals surface area contributed by atoms with Crippen LogP contribution in [0.15, 0.2) is 18.2 Å². The molecule has 96 valence electrons. The van der Waals surface area contributed by atoms with Gasteiger partial charge in [-0.25, -0.2) is 4.79 Å². The fourth-order valence-corrected chi connectivity index (χ4v) is 1.72. The lowest BCUT2D eigenvalue weighted by molar-refractivity contribution is -0.137. The first kappa shape index (κ1) is 12.3. The molecule has 18 heavy (non-hydrogen) atoms. The lowest BCUT2D eigenvalue weighted by Crippen LogP contribution is -2.05. The van der Waals surface area contributed by atoms with Crippen molar-refractivity contribution < 1.29 is 22.7 Å². The van der Waals surface area contributed by atoms with Crippen molar-refractivity contribution in [2.24, 2.45) is 0 Å². The second kappa shape index (κ2) is 3.94. The number of nitrogens with two attached hydrogens (primary N) is 1. The number of fused-ring (bicyclic) bond motifs is 1. The summed E-state index contributed by atoms with van der Waals surface area (Å²) in [5.41, 5.74) is 4.92. The average Bonchev–Trinajstić information content (AvgIpc) is 2.61. The molecular weight excluding hydrogens is 249 g/mol. The normalized spacial score (nSPS) is 11.8. The van der Waals surface area contributed by atoms with Crippen LogP contribution in [0.1, 0.15) is 15.9 Å². The Labute approximate surface area is 99.5 Å². The molecule has 4 nitrogen and oxygen atoms in total. The zero-order valence-electron chi connectivity index (χ0n) is 9.26. The minimum absolute atomic E-state index is 0.0174. The number of H-pyrrole nitrogens is 1. The second-order valence-electron chi connectivity index (χ2n) is 3.66. The molecule has 0 aliphatic heterocycles. The number of aromatic amines is 1. The second-order valence-corrected chi connectivity index (χ2v) is 3.66. The van der Waals surface area contributed by atoms with Crippen molar-refractivity contribution in [1.82, 2.24) is 4.98 Å². The highest BCUT2D eigenvalue weighted by atomic mass is 19.4. The number of carbonyl (C=O) groups excluding carboxylic acids is 1. The van der Waals surface area contributed by atoms with Gasteiger partial charge in [0.05, 0.1) is 12.7 Å². The number of hydrogen-bond acceptors (Lipinski definition) is 3. The summed E-state index contributed by atoms with van der Waals surface area (Å²) in [6.07, 6.45) is -4.44. The number of hydrogen-bond donors (Lipinski definition) is 2. The SMILES string of the molecule is COC(=O)c1c(N)[nH]c2cc(C(F)(F)F)ccc12. The van der Waals surface area contributed by atoms with Gasteiger partial charge in [0.1, 0.15) is 11.4 Å². The number of benzene rings is 1. The molecule has 0 fully saturated rings. The zero-order valence-corrected chi connectivity index (χ0v) is 9.26. The summed E-state index contributed by atoms with van der Waals surface area (Å²) >= 11 is 0. The first-order chi connectivity index (χ1) is 8.34. The van der Waals surface area contributed by atoms with E-state index in [0.717, 1.165) is 12.1 Å². The van der Waals surface area contributed by atoms with Gasteiger partial charge in [-0.15, -0.1) is 0 Å². The predicted molar refractivity (Wildman–Crippen MR) is 59.1 cm³/mol. The van der Waals surface area contributed by atoms with Crippen LogP contribution in [0.25, 0.3) is 10.9 Å². The summed E-state index contributed by atoms with van der Waals surface area (Å²) in [6.45, 7) is 0. The molecule has 3 N–H and O–H groups in total. The van der Waals surface area contributed by atoms with E-state index in [-0.39, 0.29) is 16.9 Å². The number of methoxy groups -OCH3 is 1. The number of aromatic nitrogens is 1. The van der Waals surface area contributed by atoms with Gasteiger partial charge in [-0.1, -0.05) is 6.07 Å². The number of esters is 1. The van der Waals surface area contributed by atoms with Crippen LogP contribution in [-0.4, -0.2) is 18.1 Å². The molecule has 2 rings (SSSR count). The number of nitrogens with one attached hydrogen (secondary N) is 1. The van der Waals surface area contributed by atoms with Crippen molar-refractivity contribution in [3.05, 3.63) is 29.3 Å². The number of rotatable bonds is 1. The molecule has 0 saturated carbocycles. The first-order valence-electron chi connectivity index (χ1n) is 4.91. The quantitative estimate of drug-likeness (QED) is 0.772. The third-order valence-electron chi connectivity index (χ3n) is 2.54. The van der Waals surface area contributed by atoms with Crippen molar-refractivity contribution in [3.8, 4) is 0 Å². The van der Waals surface area contributed by atoms with Gasteiger partial charge >= 0.3 is 12.1 Å². The highest BCUT2D eigenvalue weighted by Gasteiger charge is 2.31. The van der Waals surface area contributed by atoms with Gasteiger partial charge in [-0.3, -0.25) is 0 Å². The van der Waals surface area contributed by atoms with Gasteiger partial charge in [0.2, 0.25) is 0 Å². The number of ether oxygens (including phenoxy) is 1. The topological polar surface area (TPSA) is 68.1 Å². The van der Waals surface area contributed by atoms with E-state index in [4.69, 9.17) is 5.73 Å². The lowest BCUT2D eigenvalue weighted by atomic mass is 10.1. The summed E-state index contributed by atoms with van der Waals surface area (Å²) in [5.74, 6) is -0.713. The van der Waals surface area contributed by atoms with Gasteiger partial charge in [-0.05, 0) is 12.1 Å². The van der Waals surface area contributed by atoms with Gasteiger partial charge in [0.25, 0.3) is 0 Å². The summed E-state index contributed by atoms with van der Waals surface area (Å²) < 4.78 is 42.1. The molecule has 0 aliphatic carbocycles. The summed E-state index contributed by atoms with van der Waals surface area (Å²) in [7, 11) is 1.17. The maximum atomic E-state index is 12.5. The first-order valence-corrected chi connectivity index (χ1v) is 4.91. The van der Waals surface area contributed by atoms with Crippen LogP contribution >= 0.6 is 0 Å². The maximum Gasteiger partial charge on any atom is 0.416 e. The average molecular weight is 258 g/mol. The molecule has 2 aromatic rings. The molecule has 0 radical (unpaired) electrons. The highest BCUT2D eigenvalue weighted by Crippen LogP contribution is 2.33. The number of halogens is 3. The van der Waals surface area contributed by atoms with E-state index in [0.29, 0.717) is 5.39 Å². The summed E-state index contributed by atoms with van der Waals surface area (Å²) in [6, 6.07) is 2.98. The molecule has 0 bridgehead atoms. The third-order valence-corrected chi connectivity index (χ3v) is 2.54. The Morgan fingerprint density at radius 1 is 1.39 bits per heavy atom. The van der Waals surface area contributed by atoms with Gasteiger partial charge in [-0.2, -0.15) is 13.2 Å². The van der Waals surface area contributed by atoms with Crippen LogP contribution in [0.2, 0.25) is 0 Å². The Hall–Kier alpha value is -2.18. The van der Waals surface area contributed by atoms with E-state index in [9.17, 15) is 18.0 Å². The smallest absolute Gasteiger partial charge is 0.416 e. The maximum absolute atomic E-state index is 12.5. The van der Waals surface area contributed by atoms with E-state index < -0.39 is 17.7 Å². The molecule has 1 aromatic heterocycles. The van der Waals surface area contributed by atoms with E-state index in [1.54, 1.807) is 0 Å². The minimum atomic E-state index is -4.44. The van der Waals surface area contributed by atoms with Gasteiger partial charge in [0.15, 0.2) is 0 Å². The van der Waals surface area contributed by atoms with Crippen LogP contribution < -0.4 is 5.73 Å². The zero-order chi connectivity index (χ0) is 13.5. The van der Waals surface area contributed by atoms with Crippen molar-refractivity contribution in [3.63, 3.8) is 0 Å². The Balaban J connectivity index is 2.65. The number of alkyl halides is 3. The third kappa shape index (κ3) is 1.87. The largest absolute Gasteiger partial charge is 0.465 e. The monoisotopic (exact) mass is 258 g/mol. The van der Waals surface area contributed by atoms with Crippen LogP contribution in [0.5, 0.6) is 0 Å². The van der Waals surface area contributed by atoms with Crippen LogP contribution in [-0.2, 0) is 10.9 Å². The van der Waals surface area contributed by atoms with Gasteiger partial charge in [0, 0.05) is 10.9 Å². The number of carbonyl (C=O) groups is 1. The summed E-state index contributed by atoms with van der Waals surface area (Å²) in [4.78, 5) is 14.0. The van der Waals surface area contributed by atoms with Crippen molar-refractivity contribution in [1.29, 1.82) is 0 Å². The van der Waals surface area contributed by atoms with Crippen LogP contribution in [0.4, 0.5) is 19.0 Å². The van der Waals surface area contributed by atoms with Gasteiger partial charge < -0.3 is 15.5 Å². The Morgan fingerprint density at radius 3 is 2.61 bits per heavy atom. The Morgan fingerprint density at radius 2 is 2.06 bits per heavy atom. The molecule has 0 unspecified atom stereocenters. The standard InChI is InChI=1S/C11H9F3N2O2/c1-18-10(17)8-6-3-2-5(11(12,13)14)4-7(6)16-9(8)15/h2-4,16H,15H2,1H3. The molecule has 0 saturated heterocycles. The lowest BCUT2D eigenvalue weighted by Gasteiger charge is -2.06. The van der Waals surface area contributed by atoms with Crippen LogP contribution in [0.3, 0.4) is 0 Å². The Kier molecular flexibility index (Phi) is 2.68. The molecule has 0 amide bonds. The van der Waals surface area contributed by atoms with Crippen molar-refractivity contribution in [2.75, 3.05) is 12.8 Å². The Bertz CT molecular complexity index is 617. The fourth-order valence-electron chi connectivity index (χ4n) is 1.72. The van der Waals surface area contributed by atoms with E-state index >= 15 is 0 Å². The highest BCUT2D eigenvalue weighted by molar-refractivity contribution is 6.08. The molecule has 1 heterocycles. The predicted octanol–water partition coefficient (Wildman–Crippen LogP) is 2.56. The number of anilines is 1. The minimum Gasteiger partial charge on any atom is -0.465 e. The molecule has 0 spiro atoms. The van der Waals surface area contributed by atoms with E-state index in [1.165, 1.54) is 13.2 Å². The summed E-state index contributed by atoms with van der Waals surface area (Å²) in [5, 5.41) is 0.298. The van der Waals surface area contributed by atoms with E-state index in [2.05, 4.69) is 9.72 Å². The molecular formula is C11H9F3N2O2. The molecule has 0 atom stereocenters. The van der Waals surface area contributed by atoms with Crippen LogP contribution in [0, 0.1) is 0 Å². The van der Waals surface area contributed by atoms with Crippen molar-refractivity contribution in [2.45, 2.75) is 6.18 Å². The van der Waals surface area contributed by atoms with E-state index in [1.807, 2.05) is 0 Å². The molecule has 1 aromatic carbocycles.